The lowest BCUT2D eigenvalue weighted by molar-refractivity contribution is -0.385. The molecule has 0 fully saturated rings. The molecule has 0 spiro atoms. The number of rotatable bonds is 4. The minimum atomic E-state index is -0.441. The number of ether oxygens (including phenoxy) is 2. The predicted octanol–water partition coefficient (Wildman–Crippen LogP) is 4.22. The van der Waals surface area contributed by atoms with Gasteiger partial charge in [0.2, 0.25) is 0 Å². The minimum Gasteiger partial charge on any atom is -0.490 e. The number of nitro groups is 1. The van der Waals surface area contributed by atoms with Gasteiger partial charge in [-0.15, -0.1) is 0 Å². The van der Waals surface area contributed by atoms with Gasteiger partial charge in [0.25, 0.3) is 0 Å². The molecule has 0 aromatic heterocycles. The number of allylic oxidation sites excluding steroid dienone is 2. The van der Waals surface area contributed by atoms with Gasteiger partial charge < -0.3 is 14.8 Å². The quantitative estimate of drug-likeness (QED) is 0.370. The summed E-state index contributed by atoms with van der Waals surface area (Å²) in [4.78, 5) is 23.3. The van der Waals surface area contributed by atoms with Crippen molar-refractivity contribution in [2.75, 3.05) is 19.5 Å². The molecular weight excluding hydrogens is 360 g/mol. The van der Waals surface area contributed by atoms with Crippen LogP contribution in [0.3, 0.4) is 0 Å². The molecule has 2 aromatic carbocycles. The first-order chi connectivity index (χ1) is 13.5. The average Bonchev–Trinajstić information content (AvgIpc) is 3.21. The molecule has 0 unspecified atom stereocenters. The van der Waals surface area contributed by atoms with Crippen molar-refractivity contribution in [1.82, 2.24) is 0 Å². The molecule has 0 saturated heterocycles. The van der Waals surface area contributed by atoms with Gasteiger partial charge in [0.05, 0.1) is 36.4 Å². The largest absolute Gasteiger partial charge is 0.490 e. The summed E-state index contributed by atoms with van der Waals surface area (Å²) in [7, 11) is 2.77. The van der Waals surface area contributed by atoms with Crippen LogP contribution in [0, 0.1) is 16.0 Å². The number of para-hydroxylation sites is 1. The van der Waals surface area contributed by atoms with Crippen molar-refractivity contribution >= 4 is 17.3 Å². The van der Waals surface area contributed by atoms with Crippen LogP contribution in [-0.2, 0) is 4.74 Å². The van der Waals surface area contributed by atoms with Crippen molar-refractivity contribution in [3.8, 4) is 5.75 Å². The zero-order chi connectivity index (χ0) is 19.8. The number of carbonyl (C=O) groups is 1. The molecule has 144 valence electrons. The molecule has 7 nitrogen and oxygen atoms in total. The lowest BCUT2D eigenvalue weighted by Gasteiger charge is -2.38. The monoisotopic (exact) mass is 380 g/mol. The maximum absolute atomic E-state index is 12.3. The van der Waals surface area contributed by atoms with Gasteiger partial charge in [0.15, 0.2) is 5.75 Å². The Hall–Kier alpha value is -3.35. The van der Waals surface area contributed by atoms with Crippen LogP contribution in [0.1, 0.15) is 39.9 Å². The van der Waals surface area contributed by atoms with E-state index in [0.29, 0.717) is 5.56 Å². The highest BCUT2D eigenvalue weighted by Crippen LogP contribution is 2.51. The third-order valence-electron chi connectivity index (χ3n) is 5.56. The van der Waals surface area contributed by atoms with Crippen LogP contribution < -0.4 is 10.1 Å². The zero-order valence-corrected chi connectivity index (χ0v) is 15.5. The smallest absolute Gasteiger partial charge is 0.339 e. The molecule has 0 radical (unpaired) electrons. The Balaban J connectivity index is 1.82. The topological polar surface area (TPSA) is 90.7 Å². The predicted molar refractivity (Wildman–Crippen MR) is 104 cm³/mol. The molecular formula is C21H20N2O5. The second-order valence-electron chi connectivity index (χ2n) is 6.93. The highest BCUT2D eigenvalue weighted by molar-refractivity contribution is 5.97. The molecule has 1 heterocycles. The van der Waals surface area contributed by atoms with Crippen molar-refractivity contribution < 1.29 is 19.2 Å². The normalized spacial score (nSPS) is 22.0. The van der Waals surface area contributed by atoms with Crippen molar-refractivity contribution in [2.45, 2.75) is 18.4 Å². The number of methoxy groups -OCH3 is 2. The summed E-state index contributed by atoms with van der Waals surface area (Å²) in [6, 6.07) is 10.4. The van der Waals surface area contributed by atoms with Gasteiger partial charge in [0, 0.05) is 12.0 Å². The third-order valence-corrected chi connectivity index (χ3v) is 5.56. The molecule has 1 aliphatic heterocycles. The highest BCUT2D eigenvalue weighted by atomic mass is 16.6. The van der Waals surface area contributed by atoms with Gasteiger partial charge in [-0.25, -0.2) is 4.79 Å². The Morgan fingerprint density at radius 1 is 1.25 bits per heavy atom. The van der Waals surface area contributed by atoms with Crippen molar-refractivity contribution in [3.05, 3.63) is 75.4 Å². The summed E-state index contributed by atoms with van der Waals surface area (Å²) >= 11 is 0. The molecule has 1 aliphatic carbocycles. The zero-order valence-electron chi connectivity index (χ0n) is 15.5. The molecule has 2 aliphatic rings. The number of anilines is 1. The molecule has 7 heteroatoms. The summed E-state index contributed by atoms with van der Waals surface area (Å²) in [5.41, 5.74) is 2.95. The first kappa shape index (κ1) is 18.0. The van der Waals surface area contributed by atoms with E-state index >= 15 is 0 Å². The first-order valence-electron chi connectivity index (χ1n) is 9.02. The number of nitrogens with zero attached hydrogens (tertiary/aromatic N) is 1. The van der Waals surface area contributed by atoms with Gasteiger partial charge in [-0.2, -0.15) is 0 Å². The number of benzene rings is 2. The summed E-state index contributed by atoms with van der Waals surface area (Å²) in [6.45, 7) is 0. The van der Waals surface area contributed by atoms with E-state index in [1.165, 1.54) is 14.2 Å². The summed E-state index contributed by atoms with van der Waals surface area (Å²) in [5, 5.41) is 14.9. The summed E-state index contributed by atoms with van der Waals surface area (Å²) in [6.07, 6.45) is 5.13. The highest BCUT2D eigenvalue weighted by Gasteiger charge is 2.40. The van der Waals surface area contributed by atoms with E-state index in [9.17, 15) is 14.9 Å². The summed E-state index contributed by atoms with van der Waals surface area (Å²) < 4.78 is 10.1. The number of fused-ring (bicyclic) bond motifs is 3. The van der Waals surface area contributed by atoms with Crippen LogP contribution >= 0.6 is 0 Å². The lowest BCUT2D eigenvalue weighted by atomic mass is 9.76. The van der Waals surface area contributed by atoms with Gasteiger partial charge >= 0.3 is 11.7 Å². The second-order valence-corrected chi connectivity index (χ2v) is 6.93. The van der Waals surface area contributed by atoms with Crippen LogP contribution in [0.25, 0.3) is 0 Å². The van der Waals surface area contributed by atoms with E-state index in [2.05, 4.69) is 17.5 Å². The van der Waals surface area contributed by atoms with Crippen molar-refractivity contribution in [3.63, 3.8) is 0 Å². The van der Waals surface area contributed by atoms with Gasteiger partial charge in [-0.1, -0.05) is 30.4 Å². The number of nitro benzene ring substituents is 1. The maximum Gasteiger partial charge on any atom is 0.339 e. The van der Waals surface area contributed by atoms with Crippen molar-refractivity contribution in [1.29, 1.82) is 0 Å². The molecule has 0 amide bonds. The average molecular weight is 380 g/mol. The number of hydrogen-bond donors (Lipinski definition) is 1. The molecule has 1 N–H and O–H groups in total. The number of nitrogens with one attached hydrogen (secondary N) is 1. The fourth-order valence-corrected chi connectivity index (χ4v) is 4.27. The van der Waals surface area contributed by atoms with Gasteiger partial charge in [-0.3, -0.25) is 10.1 Å². The fraction of sp³-hybridized carbons (Fsp3) is 0.286. The second kappa shape index (κ2) is 6.99. The van der Waals surface area contributed by atoms with Gasteiger partial charge in [-0.05, 0) is 35.6 Å². The van der Waals surface area contributed by atoms with E-state index in [1.54, 1.807) is 18.2 Å². The first-order valence-corrected chi connectivity index (χ1v) is 9.02. The van der Waals surface area contributed by atoms with Crippen LogP contribution in [0.4, 0.5) is 11.4 Å². The fourth-order valence-electron chi connectivity index (χ4n) is 4.27. The third kappa shape index (κ3) is 2.79. The van der Waals surface area contributed by atoms with Gasteiger partial charge in [0.1, 0.15) is 0 Å². The molecule has 28 heavy (non-hydrogen) atoms. The Bertz CT molecular complexity index is 985. The van der Waals surface area contributed by atoms with E-state index in [0.717, 1.165) is 23.2 Å². The van der Waals surface area contributed by atoms with Crippen molar-refractivity contribution in [2.24, 2.45) is 5.92 Å². The van der Waals surface area contributed by atoms with Crippen LogP contribution in [0.5, 0.6) is 5.75 Å². The molecule has 4 rings (SSSR count). The number of carbonyl (C=O) groups excluding carboxylic acids is 1. The van der Waals surface area contributed by atoms with Crippen LogP contribution in [0.2, 0.25) is 0 Å². The standard InChI is InChI=1S/C21H20N2O5/c1-27-18-10-9-12(11-17(18)23(25)26)19-14-6-3-5-13(14)15-7-4-8-16(20(15)22-19)21(24)28-2/h3-5,7-11,13-14,19,22H,6H2,1-2H3/t13-,14+,19-/m0/s1. The number of hydrogen-bond acceptors (Lipinski definition) is 6. The Morgan fingerprint density at radius 3 is 2.79 bits per heavy atom. The number of esters is 1. The molecule has 0 bridgehead atoms. The van der Waals surface area contributed by atoms with E-state index in [4.69, 9.17) is 9.47 Å². The SMILES string of the molecule is COC(=O)c1cccc2c1N[C@@H](c1ccc(OC)c([N+](=O)[O-])c1)[C@@H]1CC=C[C@H]21. The van der Waals surface area contributed by atoms with E-state index < -0.39 is 10.9 Å². The molecule has 0 saturated carbocycles. The van der Waals surface area contributed by atoms with Crippen LogP contribution in [0.15, 0.2) is 48.6 Å². The Labute approximate surface area is 162 Å². The minimum absolute atomic E-state index is 0.0728. The Morgan fingerprint density at radius 2 is 2.07 bits per heavy atom. The summed E-state index contributed by atoms with van der Waals surface area (Å²) in [5.74, 6) is 0.144. The lowest BCUT2D eigenvalue weighted by Crippen LogP contribution is -2.30. The maximum atomic E-state index is 12.3. The van der Waals surface area contributed by atoms with E-state index in [1.807, 2.05) is 18.2 Å². The van der Waals surface area contributed by atoms with Crippen LogP contribution in [-0.4, -0.2) is 25.1 Å². The molecule has 2 aromatic rings. The molecule has 3 atom stereocenters. The van der Waals surface area contributed by atoms with E-state index in [-0.39, 0.29) is 29.3 Å². The Kier molecular flexibility index (Phi) is 4.50.